The van der Waals surface area contributed by atoms with Crippen LogP contribution in [0, 0.1) is 0 Å². The van der Waals surface area contributed by atoms with Crippen LogP contribution in [0.25, 0.3) is 33.2 Å². The maximum Gasteiger partial charge on any atom is 0.358 e. The Labute approximate surface area is 413 Å². The van der Waals surface area contributed by atoms with Gasteiger partial charge >= 0.3 is 17.1 Å². The highest BCUT2D eigenvalue weighted by molar-refractivity contribution is 6.42. The maximum atomic E-state index is 13.7. The van der Waals surface area contributed by atoms with Crippen molar-refractivity contribution < 1.29 is 42.7 Å². The predicted octanol–water partition coefficient (Wildman–Crippen LogP) is 7.65. The molecule has 0 atom stereocenters. The van der Waals surface area contributed by atoms with Crippen molar-refractivity contribution in [3.63, 3.8) is 0 Å². The second kappa shape index (κ2) is 20.6. The molecule has 11 rings (SSSR count). The minimum absolute atomic E-state index is 0.0311. The van der Waals surface area contributed by atoms with Crippen molar-refractivity contribution in [1.29, 1.82) is 0 Å². The number of hydrogen-bond acceptors (Lipinski definition) is 14. The van der Waals surface area contributed by atoms with Crippen LogP contribution >= 0.6 is 23.2 Å². The lowest BCUT2D eigenvalue weighted by Gasteiger charge is -2.29. The Balaban J connectivity index is 0.000000169. The van der Waals surface area contributed by atoms with E-state index in [4.69, 9.17) is 51.2 Å². The van der Waals surface area contributed by atoms with Crippen molar-refractivity contribution in [3.8, 4) is 11.5 Å². The highest BCUT2D eigenvalue weighted by Gasteiger charge is 2.28. The molecule has 0 radical (unpaired) electrons. The topological polar surface area (TPSA) is 205 Å². The van der Waals surface area contributed by atoms with Gasteiger partial charge in [0.05, 0.1) is 58.6 Å². The number of carboxylic acid groups (broad SMARTS) is 1. The first-order valence-corrected chi connectivity index (χ1v) is 23.3. The molecule has 0 bridgehead atoms. The molecule has 2 fully saturated rings. The van der Waals surface area contributed by atoms with Crippen LogP contribution < -0.4 is 35.7 Å². The molecule has 0 spiro atoms. The summed E-state index contributed by atoms with van der Waals surface area (Å²) in [6.07, 6.45) is 0. The quantitative estimate of drug-likeness (QED) is 0.121. The average Bonchev–Trinajstić information content (AvgIpc) is 3.99. The van der Waals surface area contributed by atoms with Gasteiger partial charge in [-0.25, -0.2) is 14.8 Å². The zero-order valence-electron chi connectivity index (χ0n) is 37.7. The van der Waals surface area contributed by atoms with E-state index in [1.165, 1.54) is 0 Å². The van der Waals surface area contributed by atoms with Gasteiger partial charge in [-0.1, -0.05) is 102 Å². The van der Waals surface area contributed by atoms with Gasteiger partial charge in [0.25, 0.3) is 5.91 Å². The fourth-order valence-corrected chi connectivity index (χ4v) is 8.70. The van der Waals surface area contributed by atoms with Gasteiger partial charge in [-0.3, -0.25) is 14.4 Å². The molecule has 5 aromatic carbocycles. The van der Waals surface area contributed by atoms with E-state index in [-0.39, 0.29) is 48.2 Å². The van der Waals surface area contributed by atoms with Crippen LogP contribution in [0.3, 0.4) is 0 Å². The molecule has 4 aromatic heterocycles. The average molecular weight is 1000 g/mol. The fraction of sp³-hybridized carbons (Fsp3) is 0.216. The summed E-state index contributed by atoms with van der Waals surface area (Å²) < 4.78 is 36.2. The van der Waals surface area contributed by atoms with Gasteiger partial charge in [0.1, 0.15) is 13.2 Å². The SMILES string of the molecule is O=C(NCc1ccc(Cl)c(Cl)c1)c1nc2c3c(N4CCOCC4)cccc3on2c(=O)c1OCc1ccccc1.O=C(O)c1nc2c3c(N4CCOCC4)cccc3on2c(=O)c1OCc1ccccc1. The molecule has 6 heterocycles. The number of anilines is 2. The number of rotatable bonds is 12. The summed E-state index contributed by atoms with van der Waals surface area (Å²) in [5.41, 5.74) is 3.38. The van der Waals surface area contributed by atoms with Gasteiger partial charge in [0, 0.05) is 32.7 Å². The van der Waals surface area contributed by atoms with Crippen molar-refractivity contribution in [2.24, 2.45) is 0 Å². The highest BCUT2D eigenvalue weighted by atomic mass is 35.5. The first-order chi connectivity index (χ1) is 34.6. The van der Waals surface area contributed by atoms with E-state index < -0.39 is 28.7 Å². The molecule has 2 N–H and O–H groups in total. The maximum absolute atomic E-state index is 13.7. The number of benzene rings is 5. The van der Waals surface area contributed by atoms with E-state index in [2.05, 4.69) is 25.1 Å². The monoisotopic (exact) mass is 999 g/mol. The number of carbonyl (C=O) groups excluding carboxylic acids is 1. The second-order valence-electron chi connectivity index (χ2n) is 16.4. The number of hydrogen-bond donors (Lipinski definition) is 2. The molecule has 71 heavy (non-hydrogen) atoms. The number of morpholine rings is 2. The molecule has 20 heteroatoms. The Morgan fingerprint density at radius 3 is 1.55 bits per heavy atom. The summed E-state index contributed by atoms with van der Waals surface area (Å²) in [4.78, 5) is 65.5. The Kier molecular flexibility index (Phi) is 13.6. The van der Waals surface area contributed by atoms with E-state index in [1.807, 2.05) is 84.9 Å². The molecule has 0 unspecified atom stereocenters. The number of carbonyl (C=O) groups is 2. The largest absolute Gasteiger partial charge is 0.481 e. The van der Waals surface area contributed by atoms with Crippen LogP contribution in [-0.2, 0) is 29.2 Å². The lowest BCUT2D eigenvalue weighted by Crippen LogP contribution is -2.36. The van der Waals surface area contributed by atoms with E-state index in [0.717, 1.165) is 37.2 Å². The summed E-state index contributed by atoms with van der Waals surface area (Å²) in [5.74, 6) is -2.49. The smallest absolute Gasteiger partial charge is 0.358 e. The zero-order valence-corrected chi connectivity index (χ0v) is 39.2. The van der Waals surface area contributed by atoms with Gasteiger partial charge < -0.3 is 48.2 Å². The molecular weight excluding hydrogens is 958 g/mol. The lowest BCUT2D eigenvalue weighted by atomic mass is 10.2. The van der Waals surface area contributed by atoms with Crippen LogP contribution in [0.2, 0.25) is 10.0 Å². The molecule has 2 aliphatic heterocycles. The molecule has 362 valence electrons. The molecule has 9 aromatic rings. The van der Waals surface area contributed by atoms with Crippen molar-refractivity contribution in [2.75, 3.05) is 62.4 Å². The second-order valence-corrected chi connectivity index (χ2v) is 17.2. The Morgan fingerprint density at radius 1 is 0.592 bits per heavy atom. The van der Waals surface area contributed by atoms with E-state index in [0.29, 0.717) is 84.6 Å². The number of aromatic carboxylic acids is 1. The third-order valence-corrected chi connectivity index (χ3v) is 12.6. The number of nitrogens with one attached hydrogen (secondary N) is 1. The summed E-state index contributed by atoms with van der Waals surface area (Å²) in [5, 5.41) is 14.6. The third-order valence-electron chi connectivity index (χ3n) is 11.9. The Bertz CT molecular complexity index is 3550. The minimum Gasteiger partial charge on any atom is -0.481 e. The van der Waals surface area contributed by atoms with Gasteiger partial charge in [-0.15, -0.1) is 9.15 Å². The Hall–Kier alpha value is -7.90. The molecule has 2 aliphatic rings. The van der Waals surface area contributed by atoms with Crippen molar-refractivity contribution in [3.05, 3.63) is 174 Å². The van der Waals surface area contributed by atoms with Crippen molar-refractivity contribution in [2.45, 2.75) is 19.8 Å². The molecule has 1 amide bonds. The van der Waals surface area contributed by atoms with Crippen molar-refractivity contribution in [1.82, 2.24) is 24.4 Å². The summed E-state index contributed by atoms with van der Waals surface area (Å²) in [7, 11) is 0. The molecule has 2 saturated heterocycles. The van der Waals surface area contributed by atoms with Crippen LogP contribution in [0.15, 0.2) is 134 Å². The first-order valence-electron chi connectivity index (χ1n) is 22.5. The first kappa shape index (κ1) is 46.8. The number of nitrogens with zero attached hydrogens (tertiary/aromatic N) is 6. The van der Waals surface area contributed by atoms with Gasteiger partial charge in [0.15, 0.2) is 33.8 Å². The highest BCUT2D eigenvalue weighted by Crippen LogP contribution is 2.34. The molecular formula is C51H43Cl2N7O11. The summed E-state index contributed by atoms with van der Waals surface area (Å²) in [6, 6.07) is 34.6. The zero-order chi connectivity index (χ0) is 49.0. The molecule has 0 aliphatic carbocycles. The summed E-state index contributed by atoms with van der Waals surface area (Å²) >= 11 is 12.2. The number of carboxylic acids is 1. The number of aromatic nitrogens is 4. The van der Waals surface area contributed by atoms with Crippen molar-refractivity contribution >= 4 is 79.7 Å². The van der Waals surface area contributed by atoms with Crippen LogP contribution in [0.5, 0.6) is 11.5 Å². The minimum atomic E-state index is -1.35. The van der Waals surface area contributed by atoms with Gasteiger partial charge in [0.2, 0.25) is 11.5 Å². The number of halogens is 2. The number of amides is 1. The number of fused-ring (bicyclic) bond motifs is 6. The van der Waals surface area contributed by atoms with Crippen LogP contribution in [-0.4, -0.2) is 88.7 Å². The van der Waals surface area contributed by atoms with Gasteiger partial charge in [-0.2, -0.15) is 0 Å². The van der Waals surface area contributed by atoms with Crippen LogP contribution in [0.4, 0.5) is 11.4 Å². The standard InChI is InChI=1S/C29H24Cl2N4O5.C22H19N3O6/c30-20-10-9-19(15-21(20)31)16-32-28(36)25-26(39-17-18-5-2-1-3-6-18)29(37)35-27(33-25)24-22(7-4-8-23(24)40-35)34-11-13-38-14-12-34;26-21-19(30-13-14-5-2-1-3-6-14)18(22(27)28)23-20-17-15(24-9-11-29-12-10-24)7-4-8-16(17)31-25(20)21/h1-10,15H,11-14,16-17H2,(H,32,36);1-8H,9-13H2,(H,27,28). The lowest BCUT2D eigenvalue weighted by molar-refractivity contribution is 0.0683. The summed E-state index contributed by atoms with van der Waals surface area (Å²) in [6.45, 7) is 5.26. The van der Waals surface area contributed by atoms with Gasteiger partial charge in [-0.05, 0) is 53.1 Å². The Morgan fingerprint density at radius 2 is 1.07 bits per heavy atom. The third kappa shape index (κ3) is 9.70. The number of ether oxygens (including phenoxy) is 4. The normalized spacial score (nSPS) is 13.9. The van der Waals surface area contributed by atoms with E-state index >= 15 is 0 Å². The molecule has 0 saturated carbocycles. The van der Waals surface area contributed by atoms with E-state index in [9.17, 15) is 24.3 Å². The predicted molar refractivity (Wildman–Crippen MR) is 265 cm³/mol. The van der Waals surface area contributed by atoms with E-state index in [1.54, 1.807) is 30.3 Å². The fourth-order valence-electron chi connectivity index (χ4n) is 8.37. The molecule has 18 nitrogen and oxygen atoms in total. The van der Waals surface area contributed by atoms with Crippen LogP contribution in [0.1, 0.15) is 37.7 Å².